The summed E-state index contributed by atoms with van der Waals surface area (Å²) in [5.41, 5.74) is 2.17. The molecule has 1 aromatic heterocycles. The predicted octanol–water partition coefficient (Wildman–Crippen LogP) is 2.60. The van der Waals surface area contributed by atoms with E-state index in [0.29, 0.717) is 12.0 Å². The third kappa shape index (κ3) is 2.71. The molecule has 0 saturated carbocycles. The van der Waals surface area contributed by atoms with Gasteiger partial charge in [0.25, 0.3) is 0 Å². The summed E-state index contributed by atoms with van der Waals surface area (Å²) in [7, 11) is 1.33. The number of esters is 1. The summed E-state index contributed by atoms with van der Waals surface area (Å²) in [6.45, 7) is 0. The molecule has 0 spiro atoms. The standard InChI is InChI=1S/C14H12FNO2/c1-18-14(17)13-9-16-7-6-11(13)8-10-2-4-12(15)5-3-10/h2-7,9H,8H2,1H3. The Morgan fingerprint density at radius 1 is 1.28 bits per heavy atom. The Labute approximate surface area is 104 Å². The van der Waals surface area contributed by atoms with Crippen molar-refractivity contribution < 1.29 is 13.9 Å². The highest BCUT2D eigenvalue weighted by atomic mass is 19.1. The van der Waals surface area contributed by atoms with E-state index in [4.69, 9.17) is 4.74 Å². The monoisotopic (exact) mass is 245 g/mol. The van der Waals surface area contributed by atoms with Crippen molar-refractivity contribution in [2.75, 3.05) is 7.11 Å². The average Bonchev–Trinajstić information content (AvgIpc) is 2.41. The number of methoxy groups -OCH3 is 1. The van der Waals surface area contributed by atoms with Gasteiger partial charge in [-0.15, -0.1) is 0 Å². The van der Waals surface area contributed by atoms with Crippen molar-refractivity contribution >= 4 is 5.97 Å². The molecule has 0 aliphatic rings. The van der Waals surface area contributed by atoms with Crippen molar-refractivity contribution in [1.29, 1.82) is 0 Å². The molecule has 0 N–H and O–H groups in total. The molecule has 92 valence electrons. The molecule has 0 bridgehead atoms. The first-order chi connectivity index (χ1) is 8.70. The number of rotatable bonds is 3. The summed E-state index contributed by atoms with van der Waals surface area (Å²) < 4.78 is 17.5. The second-order valence-electron chi connectivity index (χ2n) is 3.83. The lowest BCUT2D eigenvalue weighted by atomic mass is 10.0. The van der Waals surface area contributed by atoms with Crippen LogP contribution in [0.5, 0.6) is 0 Å². The zero-order valence-electron chi connectivity index (χ0n) is 9.89. The topological polar surface area (TPSA) is 39.2 Å². The second kappa shape index (κ2) is 5.40. The van der Waals surface area contributed by atoms with Crippen molar-refractivity contribution in [2.45, 2.75) is 6.42 Å². The van der Waals surface area contributed by atoms with E-state index in [-0.39, 0.29) is 5.82 Å². The first kappa shape index (κ1) is 12.2. The first-order valence-electron chi connectivity index (χ1n) is 5.46. The van der Waals surface area contributed by atoms with E-state index < -0.39 is 5.97 Å². The third-order valence-corrected chi connectivity index (χ3v) is 2.62. The van der Waals surface area contributed by atoms with E-state index >= 15 is 0 Å². The molecule has 0 amide bonds. The lowest BCUT2D eigenvalue weighted by molar-refractivity contribution is 0.0599. The highest BCUT2D eigenvalue weighted by Crippen LogP contribution is 2.14. The maximum absolute atomic E-state index is 12.8. The molecule has 0 fully saturated rings. The Morgan fingerprint density at radius 2 is 2.00 bits per heavy atom. The van der Waals surface area contributed by atoms with Crippen LogP contribution in [0.15, 0.2) is 42.7 Å². The molecular weight excluding hydrogens is 233 g/mol. The number of hydrogen-bond donors (Lipinski definition) is 0. The average molecular weight is 245 g/mol. The molecule has 18 heavy (non-hydrogen) atoms. The van der Waals surface area contributed by atoms with Gasteiger partial charge in [0.15, 0.2) is 0 Å². The van der Waals surface area contributed by atoms with E-state index in [1.807, 2.05) is 0 Å². The highest BCUT2D eigenvalue weighted by Gasteiger charge is 2.11. The SMILES string of the molecule is COC(=O)c1cnccc1Cc1ccc(F)cc1. The molecule has 3 nitrogen and oxygen atoms in total. The van der Waals surface area contributed by atoms with Gasteiger partial charge in [0, 0.05) is 12.4 Å². The minimum absolute atomic E-state index is 0.276. The molecular formula is C14H12FNO2. The van der Waals surface area contributed by atoms with Gasteiger partial charge in [-0.2, -0.15) is 0 Å². The minimum atomic E-state index is -0.416. The van der Waals surface area contributed by atoms with Gasteiger partial charge in [-0.05, 0) is 35.7 Å². The molecule has 0 aliphatic carbocycles. The van der Waals surface area contributed by atoms with Crippen LogP contribution in [-0.4, -0.2) is 18.1 Å². The summed E-state index contributed by atoms with van der Waals surface area (Å²) in [5, 5.41) is 0. The van der Waals surface area contributed by atoms with E-state index in [2.05, 4.69) is 4.98 Å². The van der Waals surface area contributed by atoms with Crippen LogP contribution in [0.2, 0.25) is 0 Å². The van der Waals surface area contributed by atoms with Gasteiger partial charge in [-0.1, -0.05) is 12.1 Å². The van der Waals surface area contributed by atoms with Crippen molar-refractivity contribution in [1.82, 2.24) is 4.98 Å². The molecule has 2 rings (SSSR count). The van der Waals surface area contributed by atoms with Gasteiger partial charge in [-0.25, -0.2) is 9.18 Å². The van der Waals surface area contributed by atoms with Crippen LogP contribution in [0.4, 0.5) is 4.39 Å². The lowest BCUT2D eigenvalue weighted by Crippen LogP contribution is -2.06. The number of carbonyl (C=O) groups excluding carboxylic acids is 1. The van der Waals surface area contributed by atoms with Crippen molar-refractivity contribution in [3.8, 4) is 0 Å². The van der Waals surface area contributed by atoms with Crippen molar-refractivity contribution in [3.63, 3.8) is 0 Å². The van der Waals surface area contributed by atoms with Gasteiger partial charge < -0.3 is 4.74 Å². The van der Waals surface area contributed by atoms with E-state index in [0.717, 1.165) is 11.1 Å². The van der Waals surface area contributed by atoms with E-state index in [1.165, 1.54) is 25.4 Å². The number of hydrogen-bond acceptors (Lipinski definition) is 3. The molecule has 0 saturated heterocycles. The molecule has 0 aliphatic heterocycles. The number of pyridine rings is 1. The predicted molar refractivity (Wildman–Crippen MR) is 64.8 cm³/mol. The maximum Gasteiger partial charge on any atom is 0.339 e. The smallest absolute Gasteiger partial charge is 0.339 e. The first-order valence-corrected chi connectivity index (χ1v) is 5.46. The van der Waals surface area contributed by atoms with Gasteiger partial charge in [0.1, 0.15) is 5.82 Å². The molecule has 2 aromatic rings. The number of halogens is 1. The van der Waals surface area contributed by atoms with E-state index in [1.54, 1.807) is 24.4 Å². The van der Waals surface area contributed by atoms with E-state index in [9.17, 15) is 9.18 Å². The molecule has 0 radical (unpaired) electrons. The number of benzene rings is 1. The molecule has 1 aromatic carbocycles. The van der Waals surface area contributed by atoms with Gasteiger partial charge in [-0.3, -0.25) is 4.98 Å². The van der Waals surface area contributed by atoms with Gasteiger partial charge in [0.05, 0.1) is 12.7 Å². The normalized spacial score (nSPS) is 10.1. The summed E-state index contributed by atoms with van der Waals surface area (Å²) in [6.07, 6.45) is 3.63. The van der Waals surface area contributed by atoms with Crippen LogP contribution in [0, 0.1) is 5.82 Å². The van der Waals surface area contributed by atoms with Crippen molar-refractivity contribution in [3.05, 3.63) is 65.2 Å². The summed E-state index contributed by atoms with van der Waals surface area (Å²) in [6, 6.07) is 7.94. The Bertz CT molecular complexity index is 552. The number of aromatic nitrogens is 1. The molecule has 1 heterocycles. The quantitative estimate of drug-likeness (QED) is 0.780. The zero-order chi connectivity index (χ0) is 13.0. The molecule has 0 atom stereocenters. The minimum Gasteiger partial charge on any atom is -0.465 e. The fourth-order valence-corrected chi connectivity index (χ4v) is 1.69. The Morgan fingerprint density at radius 3 is 2.67 bits per heavy atom. The highest BCUT2D eigenvalue weighted by molar-refractivity contribution is 5.90. The van der Waals surface area contributed by atoms with Crippen LogP contribution in [0.3, 0.4) is 0 Å². The van der Waals surface area contributed by atoms with Gasteiger partial charge >= 0.3 is 5.97 Å². The van der Waals surface area contributed by atoms with Crippen LogP contribution < -0.4 is 0 Å². The number of ether oxygens (including phenoxy) is 1. The molecule has 4 heteroatoms. The van der Waals surface area contributed by atoms with Gasteiger partial charge in [0.2, 0.25) is 0 Å². The lowest BCUT2D eigenvalue weighted by Gasteiger charge is -2.07. The van der Waals surface area contributed by atoms with Crippen LogP contribution in [-0.2, 0) is 11.2 Å². The second-order valence-corrected chi connectivity index (χ2v) is 3.83. The van der Waals surface area contributed by atoms with Crippen LogP contribution >= 0.6 is 0 Å². The molecule has 0 unspecified atom stereocenters. The number of nitrogens with zero attached hydrogens (tertiary/aromatic N) is 1. The zero-order valence-corrected chi connectivity index (χ0v) is 9.89. The Hall–Kier alpha value is -2.23. The summed E-state index contributed by atoms with van der Waals surface area (Å²) in [5.74, 6) is -0.693. The Kier molecular flexibility index (Phi) is 3.67. The fraction of sp³-hybridized carbons (Fsp3) is 0.143. The van der Waals surface area contributed by atoms with Crippen LogP contribution in [0.25, 0.3) is 0 Å². The number of carbonyl (C=O) groups is 1. The third-order valence-electron chi connectivity index (χ3n) is 2.62. The largest absolute Gasteiger partial charge is 0.465 e. The maximum atomic E-state index is 12.8. The van der Waals surface area contributed by atoms with Crippen LogP contribution in [0.1, 0.15) is 21.5 Å². The fourth-order valence-electron chi connectivity index (χ4n) is 1.69. The Balaban J connectivity index is 2.28. The summed E-state index contributed by atoms with van der Waals surface area (Å²) in [4.78, 5) is 15.5. The van der Waals surface area contributed by atoms with Crippen molar-refractivity contribution in [2.24, 2.45) is 0 Å². The summed E-state index contributed by atoms with van der Waals surface area (Å²) >= 11 is 0.